The topological polar surface area (TPSA) is 54.4 Å². The minimum absolute atomic E-state index is 0.0347. The van der Waals surface area contributed by atoms with Crippen LogP contribution in [0.1, 0.15) is 25.7 Å². The van der Waals surface area contributed by atoms with E-state index in [2.05, 4.69) is 0 Å². The smallest absolute Gasteiger partial charge is 0.265 e. The second-order valence-corrected chi connectivity index (χ2v) is 4.40. The van der Waals surface area contributed by atoms with Crippen molar-refractivity contribution in [1.29, 1.82) is 0 Å². The van der Waals surface area contributed by atoms with Crippen LogP contribution in [-0.4, -0.2) is 18.7 Å². The van der Waals surface area contributed by atoms with Crippen LogP contribution in [0.5, 0.6) is 0 Å². The molecule has 1 rings (SSSR count). The van der Waals surface area contributed by atoms with Crippen molar-refractivity contribution in [2.24, 2.45) is 5.92 Å². The van der Waals surface area contributed by atoms with Crippen LogP contribution in [0.2, 0.25) is 0 Å². The van der Waals surface area contributed by atoms with Crippen molar-refractivity contribution in [3.8, 4) is 0 Å². The molecule has 10 heavy (non-hydrogen) atoms. The summed E-state index contributed by atoms with van der Waals surface area (Å²) >= 11 is 0. The maximum atomic E-state index is 10.3. The first-order valence-corrected chi connectivity index (χ1v) is 5.14. The summed E-state index contributed by atoms with van der Waals surface area (Å²) in [6, 6.07) is 0. The standard InChI is InChI=1S/C6H12O3S/c7-10(8,9)5-6-3-1-2-4-6/h6H,1-5H2,(H,7,8,9). The maximum Gasteiger partial charge on any atom is 0.265 e. The molecule has 60 valence electrons. The van der Waals surface area contributed by atoms with Gasteiger partial charge in [-0.15, -0.1) is 0 Å². The van der Waals surface area contributed by atoms with Gasteiger partial charge in [-0.2, -0.15) is 8.42 Å². The van der Waals surface area contributed by atoms with E-state index in [9.17, 15) is 8.42 Å². The molecule has 0 spiro atoms. The molecule has 0 heterocycles. The second-order valence-electron chi connectivity index (χ2n) is 2.90. The molecule has 1 saturated carbocycles. The van der Waals surface area contributed by atoms with E-state index >= 15 is 0 Å². The minimum atomic E-state index is -3.71. The Hall–Kier alpha value is -0.0900. The van der Waals surface area contributed by atoms with Crippen molar-refractivity contribution in [2.45, 2.75) is 25.7 Å². The van der Waals surface area contributed by atoms with Crippen LogP contribution in [0, 0.1) is 5.92 Å². The van der Waals surface area contributed by atoms with E-state index in [0.29, 0.717) is 0 Å². The third kappa shape index (κ3) is 2.66. The van der Waals surface area contributed by atoms with Gasteiger partial charge in [0, 0.05) is 0 Å². The van der Waals surface area contributed by atoms with Crippen molar-refractivity contribution in [1.82, 2.24) is 0 Å². The van der Waals surface area contributed by atoms with Crippen molar-refractivity contribution in [3.05, 3.63) is 0 Å². The number of hydrogen-bond donors (Lipinski definition) is 1. The van der Waals surface area contributed by atoms with E-state index in [-0.39, 0.29) is 11.7 Å². The highest BCUT2D eigenvalue weighted by molar-refractivity contribution is 7.85. The molecule has 1 aliphatic carbocycles. The fourth-order valence-corrected chi connectivity index (χ4v) is 2.40. The Morgan fingerprint density at radius 3 is 2.20 bits per heavy atom. The molecular formula is C6H12O3S. The molecule has 4 heteroatoms. The zero-order valence-corrected chi connectivity index (χ0v) is 6.60. The molecule has 0 amide bonds. The molecule has 0 radical (unpaired) electrons. The van der Waals surface area contributed by atoms with Crippen molar-refractivity contribution in [3.63, 3.8) is 0 Å². The van der Waals surface area contributed by atoms with Gasteiger partial charge in [0.1, 0.15) is 0 Å². The molecule has 0 aromatic rings. The highest BCUT2D eigenvalue weighted by Crippen LogP contribution is 2.25. The summed E-state index contributed by atoms with van der Waals surface area (Å²) in [5.41, 5.74) is 0. The largest absolute Gasteiger partial charge is 0.286 e. The summed E-state index contributed by atoms with van der Waals surface area (Å²) in [5.74, 6) is 0.183. The van der Waals surface area contributed by atoms with Crippen LogP contribution in [0.25, 0.3) is 0 Å². The lowest BCUT2D eigenvalue weighted by Gasteiger charge is -2.03. The number of rotatable bonds is 2. The van der Waals surface area contributed by atoms with Gasteiger partial charge in [-0.1, -0.05) is 12.8 Å². The maximum absolute atomic E-state index is 10.3. The lowest BCUT2D eigenvalue weighted by molar-refractivity contribution is 0.465. The van der Waals surface area contributed by atoms with Crippen LogP contribution >= 0.6 is 0 Å². The molecule has 0 aliphatic heterocycles. The Balaban J connectivity index is 2.38. The quantitative estimate of drug-likeness (QED) is 0.621. The predicted octanol–water partition coefficient (Wildman–Crippen LogP) is 1.06. The third-order valence-corrected chi connectivity index (χ3v) is 2.81. The first-order valence-electron chi connectivity index (χ1n) is 3.53. The van der Waals surface area contributed by atoms with Crippen LogP contribution in [0.4, 0.5) is 0 Å². The molecule has 0 atom stereocenters. The Morgan fingerprint density at radius 1 is 1.30 bits per heavy atom. The van der Waals surface area contributed by atoms with Crippen molar-refractivity contribution >= 4 is 10.1 Å². The highest BCUT2D eigenvalue weighted by Gasteiger charge is 2.20. The molecule has 0 aromatic carbocycles. The average molecular weight is 164 g/mol. The van der Waals surface area contributed by atoms with E-state index in [0.717, 1.165) is 25.7 Å². The first kappa shape index (κ1) is 8.01. The summed E-state index contributed by atoms with van der Waals surface area (Å²) in [6.45, 7) is 0. The van der Waals surface area contributed by atoms with Crippen molar-refractivity contribution in [2.75, 3.05) is 5.75 Å². The molecule has 1 aliphatic rings. The molecule has 0 saturated heterocycles. The van der Waals surface area contributed by atoms with Crippen LogP contribution in [-0.2, 0) is 10.1 Å². The Labute approximate surface area is 61.2 Å². The zero-order valence-electron chi connectivity index (χ0n) is 5.78. The van der Waals surface area contributed by atoms with E-state index in [1.807, 2.05) is 0 Å². The predicted molar refractivity (Wildman–Crippen MR) is 38.4 cm³/mol. The normalized spacial score (nSPS) is 21.7. The Kier molecular flexibility index (Phi) is 2.31. The fraction of sp³-hybridized carbons (Fsp3) is 1.00. The Bertz CT molecular complexity index is 189. The van der Waals surface area contributed by atoms with Crippen LogP contribution in [0.15, 0.2) is 0 Å². The zero-order chi connectivity index (χ0) is 7.61. The van der Waals surface area contributed by atoms with Gasteiger partial charge < -0.3 is 0 Å². The molecular weight excluding hydrogens is 152 g/mol. The lowest BCUT2D eigenvalue weighted by atomic mass is 10.1. The van der Waals surface area contributed by atoms with Gasteiger partial charge in [-0.3, -0.25) is 4.55 Å². The third-order valence-electron chi connectivity index (χ3n) is 1.92. The van der Waals surface area contributed by atoms with Crippen molar-refractivity contribution < 1.29 is 13.0 Å². The van der Waals surface area contributed by atoms with Crippen LogP contribution < -0.4 is 0 Å². The second kappa shape index (κ2) is 2.88. The summed E-state index contributed by atoms with van der Waals surface area (Å²) in [4.78, 5) is 0. The molecule has 0 aromatic heterocycles. The summed E-state index contributed by atoms with van der Waals surface area (Å²) in [6.07, 6.45) is 4.14. The van der Waals surface area contributed by atoms with Gasteiger partial charge in [-0.05, 0) is 18.8 Å². The van der Waals surface area contributed by atoms with Crippen LogP contribution in [0.3, 0.4) is 0 Å². The van der Waals surface area contributed by atoms with Gasteiger partial charge in [0.15, 0.2) is 0 Å². The summed E-state index contributed by atoms with van der Waals surface area (Å²) in [7, 11) is -3.71. The van der Waals surface area contributed by atoms with Gasteiger partial charge in [0.2, 0.25) is 0 Å². The molecule has 1 fully saturated rings. The number of hydrogen-bond acceptors (Lipinski definition) is 2. The Morgan fingerprint density at radius 2 is 1.80 bits per heavy atom. The van der Waals surface area contributed by atoms with E-state index in [4.69, 9.17) is 4.55 Å². The van der Waals surface area contributed by atoms with E-state index in [1.165, 1.54) is 0 Å². The van der Waals surface area contributed by atoms with E-state index < -0.39 is 10.1 Å². The first-order chi connectivity index (χ1) is 4.58. The average Bonchev–Trinajstić information content (AvgIpc) is 2.12. The molecule has 0 unspecified atom stereocenters. The van der Waals surface area contributed by atoms with Gasteiger partial charge in [-0.25, -0.2) is 0 Å². The van der Waals surface area contributed by atoms with E-state index in [1.54, 1.807) is 0 Å². The molecule has 1 N–H and O–H groups in total. The van der Waals surface area contributed by atoms with Gasteiger partial charge in [0.25, 0.3) is 10.1 Å². The van der Waals surface area contributed by atoms with Gasteiger partial charge >= 0.3 is 0 Å². The highest BCUT2D eigenvalue weighted by atomic mass is 32.2. The fourth-order valence-electron chi connectivity index (χ4n) is 1.47. The molecule has 3 nitrogen and oxygen atoms in total. The molecule has 0 bridgehead atoms. The summed E-state index contributed by atoms with van der Waals surface area (Å²) in [5, 5.41) is 0. The SMILES string of the molecule is O=S(=O)(O)CC1CCCC1. The van der Waals surface area contributed by atoms with Gasteiger partial charge in [0.05, 0.1) is 5.75 Å². The minimum Gasteiger partial charge on any atom is -0.286 e. The lowest BCUT2D eigenvalue weighted by Crippen LogP contribution is -2.11. The summed E-state index contributed by atoms with van der Waals surface area (Å²) < 4.78 is 29.1. The monoisotopic (exact) mass is 164 g/mol.